The lowest BCUT2D eigenvalue weighted by Gasteiger charge is -2.15. The molecule has 0 radical (unpaired) electrons. The number of halogens is 3. The molecule has 0 unspecified atom stereocenters. The molecule has 0 saturated carbocycles. The molecule has 0 spiro atoms. The van der Waals surface area contributed by atoms with Gasteiger partial charge in [0.1, 0.15) is 5.75 Å². The Morgan fingerprint density at radius 3 is 2.55 bits per heavy atom. The average molecular weight is 317 g/mol. The van der Waals surface area contributed by atoms with Crippen molar-refractivity contribution < 1.29 is 17.9 Å². The Hall–Kier alpha value is -1.92. The number of alkyl halides is 3. The highest BCUT2D eigenvalue weighted by molar-refractivity contribution is 5.80. The molecular formula is C15H22F3N3O. The molecule has 1 rings (SSSR count). The molecule has 0 aliphatic rings. The van der Waals surface area contributed by atoms with Crippen LogP contribution in [0.4, 0.5) is 13.2 Å². The van der Waals surface area contributed by atoms with E-state index < -0.39 is 12.8 Å². The van der Waals surface area contributed by atoms with Crippen LogP contribution >= 0.6 is 0 Å². The molecular weight excluding hydrogens is 295 g/mol. The second kappa shape index (κ2) is 8.51. The molecule has 0 aliphatic carbocycles. The van der Waals surface area contributed by atoms with Crippen molar-refractivity contribution in [3.63, 3.8) is 0 Å². The van der Waals surface area contributed by atoms with Gasteiger partial charge in [-0.15, -0.1) is 0 Å². The normalized spacial score (nSPS) is 12.4. The summed E-state index contributed by atoms with van der Waals surface area (Å²) in [6.45, 7) is 5.53. The third kappa shape index (κ3) is 7.19. The fourth-order valence-corrected chi connectivity index (χ4v) is 1.69. The van der Waals surface area contributed by atoms with Crippen molar-refractivity contribution in [2.24, 2.45) is 4.99 Å². The molecule has 1 aromatic carbocycles. The number of aliphatic imine (C=N–C) groups is 1. The molecule has 1 aromatic rings. The van der Waals surface area contributed by atoms with Gasteiger partial charge in [0.25, 0.3) is 0 Å². The molecule has 0 aromatic heterocycles. The van der Waals surface area contributed by atoms with Crippen LogP contribution in [-0.4, -0.2) is 31.3 Å². The van der Waals surface area contributed by atoms with E-state index in [0.717, 1.165) is 0 Å². The van der Waals surface area contributed by atoms with Crippen LogP contribution in [-0.2, 0) is 6.54 Å². The van der Waals surface area contributed by atoms with Crippen LogP contribution in [0.15, 0.2) is 29.3 Å². The Morgan fingerprint density at radius 2 is 1.95 bits per heavy atom. The quantitative estimate of drug-likeness (QED) is 0.626. The largest absolute Gasteiger partial charge is 0.484 e. The third-order valence-corrected chi connectivity index (χ3v) is 2.54. The molecule has 4 nitrogen and oxygen atoms in total. The van der Waals surface area contributed by atoms with Crippen molar-refractivity contribution in [1.82, 2.24) is 10.6 Å². The lowest BCUT2D eigenvalue weighted by atomic mass is 10.2. The van der Waals surface area contributed by atoms with E-state index in [9.17, 15) is 13.2 Å². The molecule has 0 bridgehead atoms. The van der Waals surface area contributed by atoms with Gasteiger partial charge in [0.15, 0.2) is 12.6 Å². The van der Waals surface area contributed by atoms with Crippen LogP contribution in [0.2, 0.25) is 0 Å². The SMILES string of the molecule is CCNC(=NCc1ccccc1OCC(F)(F)F)NC(C)C. The fraction of sp³-hybridized carbons (Fsp3) is 0.533. The monoisotopic (exact) mass is 317 g/mol. The highest BCUT2D eigenvalue weighted by Crippen LogP contribution is 2.22. The fourth-order valence-electron chi connectivity index (χ4n) is 1.69. The van der Waals surface area contributed by atoms with E-state index in [4.69, 9.17) is 4.74 Å². The standard InChI is InChI=1S/C15H22F3N3O/c1-4-19-14(21-11(2)3)20-9-12-7-5-6-8-13(12)22-10-15(16,17)18/h5-8,11H,4,9-10H2,1-3H3,(H2,19,20,21). The number of ether oxygens (including phenoxy) is 1. The smallest absolute Gasteiger partial charge is 0.422 e. The van der Waals surface area contributed by atoms with E-state index in [1.807, 2.05) is 20.8 Å². The Bertz CT molecular complexity index is 487. The minimum absolute atomic E-state index is 0.198. The van der Waals surface area contributed by atoms with E-state index in [1.54, 1.807) is 18.2 Å². The summed E-state index contributed by atoms with van der Waals surface area (Å²) in [6, 6.07) is 6.80. The van der Waals surface area contributed by atoms with Crippen LogP contribution in [0.3, 0.4) is 0 Å². The highest BCUT2D eigenvalue weighted by Gasteiger charge is 2.28. The number of nitrogens with one attached hydrogen (secondary N) is 2. The second-order valence-corrected chi connectivity index (χ2v) is 5.01. The minimum Gasteiger partial charge on any atom is -0.484 e. The first kappa shape index (κ1) is 18.1. The van der Waals surface area contributed by atoms with Crippen molar-refractivity contribution in [2.45, 2.75) is 39.5 Å². The number of rotatable bonds is 6. The van der Waals surface area contributed by atoms with Gasteiger partial charge in [-0.25, -0.2) is 4.99 Å². The lowest BCUT2D eigenvalue weighted by molar-refractivity contribution is -0.153. The number of guanidine groups is 1. The van der Waals surface area contributed by atoms with Crippen LogP contribution in [0.1, 0.15) is 26.3 Å². The summed E-state index contributed by atoms with van der Waals surface area (Å²) in [6.07, 6.45) is -4.36. The molecule has 0 amide bonds. The van der Waals surface area contributed by atoms with Crippen molar-refractivity contribution in [2.75, 3.05) is 13.2 Å². The molecule has 0 aliphatic heterocycles. The Labute approximate surface area is 128 Å². The second-order valence-electron chi connectivity index (χ2n) is 5.01. The zero-order valence-electron chi connectivity index (χ0n) is 13.0. The molecule has 2 N–H and O–H groups in total. The summed E-state index contributed by atoms with van der Waals surface area (Å²) < 4.78 is 41.6. The van der Waals surface area contributed by atoms with Crippen molar-refractivity contribution in [1.29, 1.82) is 0 Å². The average Bonchev–Trinajstić information content (AvgIpc) is 2.42. The van der Waals surface area contributed by atoms with E-state index >= 15 is 0 Å². The van der Waals surface area contributed by atoms with Gasteiger partial charge in [0.2, 0.25) is 0 Å². The predicted molar refractivity (Wildman–Crippen MR) is 81.1 cm³/mol. The Morgan fingerprint density at radius 1 is 1.27 bits per heavy atom. The molecule has 0 atom stereocenters. The molecule has 124 valence electrons. The maximum Gasteiger partial charge on any atom is 0.422 e. The number of hydrogen-bond donors (Lipinski definition) is 2. The van der Waals surface area contributed by atoms with E-state index in [0.29, 0.717) is 18.1 Å². The van der Waals surface area contributed by atoms with E-state index in [1.165, 1.54) is 6.07 Å². The van der Waals surface area contributed by atoms with E-state index in [2.05, 4.69) is 15.6 Å². The maximum atomic E-state index is 12.3. The first-order valence-electron chi connectivity index (χ1n) is 7.14. The van der Waals surface area contributed by atoms with Crippen LogP contribution < -0.4 is 15.4 Å². The van der Waals surface area contributed by atoms with Gasteiger partial charge in [0, 0.05) is 18.2 Å². The maximum absolute atomic E-state index is 12.3. The molecule has 0 heterocycles. The van der Waals surface area contributed by atoms with Gasteiger partial charge in [-0.2, -0.15) is 13.2 Å². The topological polar surface area (TPSA) is 45.7 Å². The van der Waals surface area contributed by atoms with Crippen molar-refractivity contribution >= 4 is 5.96 Å². The summed E-state index contributed by atoms with van der Waals surface area (Å²) in [7, 11) is 0. The van der Waals surface area contributed by atoms with Gasteiger partial charge in [-0.1, -0.05) is 18.2 Å². The van der Waals surface area contributed by atoms with Gasteiger partial charge in [-0.3, -0.25) is 0 Å². The summed E-state index contributed by atoms with van der Waals surface area (Å²) in [5.41, 5.74) is 0.604. The zero-order valence-corrected chi connectivity index (χ0v) is 13.0. The first-order chi connectivity index (χ1) is 10.3. The number of benzene rings is 1. The first-order valence-corrected chi connectivity index (χ1v) is 7.14. The summed E-state index contributed by atoms with van der Waals surface area (Å²) >= 11 is 0. The summed E-state index contributed by atoms with van der Waals surface area (Å²) in [4.78, 5) is 4.36. The van der Waals surface area contributed by atoms with Crippen molar-refractivity contribution in [3.8, 4) is 5.75 Å². The van der Waals surface area contributed by atoms with Gasteiger partial charge in [0.05, 0.1) is 6.54 Å². The van der Waals surface area contributed by atoms with E-state index in [-0.39, 0.29) is 18.3 Å². The zero-order chi connectivity index (χ0) is 16.6. The minimum atomic E-state index is -4.36. The number of hydrogen-bond acceptors (Lipinski definition) is 2. The van der Waals surface area contributed by atoms with Crippen LogP contribution in [0, 0.1) is 0 Å². The summed E-state index contributed by atoms with van der Waals surface area (Å²) in [5, 5.41) is 6.22. The number of para-hydroxylation sites is 1. The predicted octanol–water partition coefficient (Wildman–Crippen LogP) is 3.09. The third-order valence-electron chi connectivity index (χ3n) is 2.54. The lowest BCUT2D eigenvalue weighted by Crippen LogP contribution is -2.41. The van der Waals surface area contributed by atoms with Gasteiger partial charge >= 0.3 is 6.18 Å². The highest BCUT2D eigenvalue weighted by atomic mass is 19.4. The summed E-state index contributed by atoms with van der Waals surface area (Å²) in [5.74, 6) is 0.812. The number of nitrogens with zero attached hydrogens (tertiary/aromatic N) is 1. The molecule has 22 heavy (non-hydrogen) atoms. The molecule has 0 fully saturated rings. The Kier molecular flexibility index (Phi) is 7.01. The van der Waals surface area contributed by atoms with Crippen molar-refractivity contribution in [3.05, 3.63) is 29.8 Å². The molecule has 0 saturated heterocycles. The van der Waals surface area contributed by atoms with Gasteiger partial charge < -0.3 is 15.4 Å². The Balaban J connectivity index is 2.79. The van der Waals surface area contributed by atoms with Crippen LogP contribution in [0.5, 0.6) is 5.75 Å². The molecule has 7 heteroatoms. The van der Waals surface area contributed by atoms with Gasteiger partial charge in [-0.05, 0) is 26.8 Å². The van der Waals surface area contributed by atoms with Crippen LogP contribution in [0.25, 0.3) is 0 Å².